The molecule has 2 aromatic heterocycles. The van der Waals surface area contributed by atoms with Gasteiger partial charge in [-0.05, 0) is 37.3 Å². The summed E-state index contributed by atoms with van der Waals surface area (Å²) in [6, 6.07) is 15.2. The number of aromatic nitrogens is 3. The Kier molecular flexibility index (Phi) is 5.76. The fraction of sp³-hybridized carbons (Fsp3) is 0.227. The van der Waals surface area contributed by atoms with Crippen LogP contribution in [0.15, 0.2) is 58.1 Å². The molecule has 154 valence electrons. The van der Waals surface area contributed by atoms with Crippen molar-refractivity contribution in [3.8, 4) is 17.1 Å². The number of hydrogen-bond donors (Lipinski definition) is 0. The Balaban J connectivity index is 1.61. The van der Waals surface area contributed by atoms with E-state index < -0.39 is 5.97 Å². The van der Waals surface area contributed by atoms with Gasteiger partial charge in [-0.25, -0.2) is 4.79 Å². The molecule has 0 saturated carbocycles. The molecular weight excluding hydrogens is 402 g/mol. The number of carbonyl (C=O) groups is 1. The van der Waals surface area contributed by atoms with Gasteiger partial charge >= 0.3 is 5.97 Å². The van der Waals surface area contributed by atoms with Gasteiger partial charge in [0.2, 0.25) is 5.76 Å². The monoisotopic (exact) mass is 423 g/mol. The smallest absolute Gasteiger partial charge is 0.374 e. The average Bonchev–Trinajstić information content (AvgIpc) is 3.33. The van der Waals surface area contributed by atoms with E-state index in [1.165, 1.54) is 11.8 Å². The second kappa shape index (κ2) is 8.62. The van der Waals surface area contributed by atoms with Crippen LogP contribution in [0.5, 0.6) is 5.75 Å². The number of ether oxygens (including phenoxy) is 2. The van der Waals surface area contributed by atoms with Crippen molar-refractivity contribution in [3.05, 3.63) is 59.9 Å². The molecule has 0 spiro atoms. The maximum Gasteiger partial charge on any atom is 0.374 e. The molecule has 0 amide bonds. The van der Waals surface area contributed by atoms with Crippen molar-refractivity contribution in [1.82, 2.24) is 14.8 Å². The highest BCUT2D eigenvalue weighted by atomic mass is 32.2. The van der Waals surface area contributed by atoms with Gasteiger partial charge < -0.3 is 18.5 Å². The minimum absolute atomic E-state index is 0.239. The van der Waals surface area contributed by atoms with E-state index in [9.17, 15) is 4.79 Å². The topological polar surface area (TPSA) is 79.4 Å². The fourth-order valence-corrected chi connectivity index (χ4v) is 4.11. The molecule has 0 bridgehead atoms. The highest BCUT2D eigenvalue weighted by molar-refractivity contribution is 7.98. The zero-order chi connectivity index (χ0) is 21.1. The molecule has 8 heteroatoms. The summed E-state index contributed by atoms with van der Waals surface area (Å²) in [7, 11) is 3.55. The normalized spacial score (nSPS) is 11.0. The van der Waals surface area contributed by atoms with Gasteiger partial charge in [-0.2, -0.15) is 0 Å². The summed E-state index contributed by atoms with van der Waals surface area (Å²) in [6.07, 6.45) is 0. The van der Waals surface area contributed by atoms with Crippen molar-refractivity contribution in [1.29, 1.82) is 0 Å². The summed E-state index contributed by atoms with van der Waals surface area (Å²) in [5.41, 5.74) is 2.40. The quantitative estimate of drug-likeness (QED) is 0.315. The predicted molar refractivity (Wildman–Crippen MR) is 115 cm³/mol. The molecule has 0 N–H and O–H groups in total. The highest BCUT2D eigenvalue weighted by Gasteiger charge is 2.22. The summed E-state index contributed by atoms with van der Waals surface area (Å²) in [6.45, 7) is 2.06. The number of thioether (sulfide) groups is 1. The van der Waals surface area contributed by atoms with Gasteiger partial charge in [-0.15, -0.1) is 10.2 Å². The van der Waals surface area contributed by atoms with E-state index in [1.54, 1.807) is 14.0 Å². The molecule has 4 aromatic rings. The van der Waals surface area contributed by atoms with E-state index in [4.69, 9.17) is 13.9 Å². The van der Waals surface area contributed by atoms with Crippen LogP contribution in [0.2, 0.25) is 0 Å². The van der Waals surface area contributed by atoms with Gasteiger partial charge in [0, 0.05) is 29.3 Å². The summed E-state index contributed by atoms with van der Waals surface area (Å²) in [5, 5.41) is 10.3. The number of esters is 1. The lowest BCUT2D eigenvalue weighted by Gasteiger charge is -2.06. The highest BCUT2D eigenvalue weighted by Crippen LogP contribution is 2.33. The van der Waals surface area contributed by atoms with Crippen LogP contribution < -0.4 is 4.74 Å². The number of fused-ring (bicyclic) bond motifs is 1. The first-order chi connectivity index (χ1) is 14.6. The Morgan fingerprint density at radius 3 is 2.63 bits per heavy atom. The lowest BCUT2D eigenvalue weighted by Crippen LogP contribution is -2.06. The van der Waals surface area contributed by atoms with Crippen LogP contribution in [-0.4, -0.2) is 34.5 Å². The zero-order valence-electron chi connectivity index (χ0n) is 16.9. The third kappa shape index (κ3) is 3.78. The Morgan fingerprint density at radius 2 is 1.90 bits per heavy atom. The Hall–Kier alpha value is -3.26. The average molecular weight is 423 g/mol. The van der Waals surface area contributed by atoms with Crippen molar-refractivity contribution >= 4 is 28.7 Å². The van der Waals surface area contributed by atoms with Crippen LogP contribution in [0.25, 0.3) is 22.4 Å². The predicted octanol–water partition coefficient (Wildman–Crippen LogP) is 4.71. The van der Waals surface area contributed by atoms with Crippen molar-refractivity contribution in [2.24, 2.45) is 7.05 Å². The third-order valence-corrected chi connectivity index (χ3v) is 5.73. The number of nitrogens with zero attached hydrogens (tertiary/aromatic N) is 3. The molecule has 0 radical (unpaired) electrons. The molecule has 0 aliphatic heterocycles. The summed E-state index contributed by atoms with van der Waals surface area (Å²) in [5.74, 6) is 1.82. The molecule has 30 heavy (non-hydrogen) atoms. The van der Waals surface area contributed by atoms with E-state index >= 15 is 0 Å². The van der Waals surface area contributed by atoms with Crippen molar-refractivity contribution in [3.63, 3.8) is 0 Å². The summed E-state index contributed by atoms with van der Waals surface area (Å²) in [4.78, 5) is 12.4. The molecule has 0 unspecified atom stereocenters. The van der Waals surface area contributed by atoms with Crippen molar-refractivity contribution < 1.29 is 18.7 Å². The van der Waals surface area contributed by atoms with Gasteiger partial charge in [0.25, 0.3) is 0 Å². The zero-order valence-corrected chi connectivity index (χ0v) is 17.7. The lowest BCUT2D eigenvalue weighted by atomic mass is 10.1. The second-order valence-electron chi connectivity index (χ2n) is 6.51. The largest absolute Gasteiger partial charge is 0.497 e. The van der Waals surface area contributed by atoms with Crippen LogP contribution >= 0.6 is 11.8 Å². The molecule has 0 fully saturated rings. The van der Waals surface area contributed by atoms with Gasteiger partial charge in [-0.1, -0.05) is 30.0 Å². The van der Waals surface area contributed by atoms with Gasteiger partial charge in [0.05, 0.1) is 13.7 Å². The van der Waals surface area contributed by atoms with Gasteiger partial charge in [0.15, 0.2) is 11.0 Å². The number of carbonyl (C=O) groups excluding carboxylic acids is 1. The van der Waals surface area contributed by atoms with Crippen LogP contribution in [0.1, 0.15) is 23.0 Å². The molecule has 2 heterocycles. The number of para-hydroxylation sites is 1. The number of furan rings is 1. The summed E-state index contributed by atoms with van der Waals surface area (Å²) >= 11 is 1.49. The number of methoxy groups -OCH3 is 1. The van der Waals surface area contributed by atoms with Crippen LogP contribution in [0, 0.1) is 0 Å². The van der Waals surface area contributed by atoms with E-state index in [2.05, 4.69) is 10.2 Å². The summed E-state index contributed by atoms with van der Waals surface area (Å²) < 4.78 is 18.1. The second-order valence-corrected chi connectivity index (χ2v) is 7.45. The van der Waals surface area contributed by atoms with E-state index in [0.29, 0.717) is 11.3 Å². The van der Waals surface area contributed by atoms with E-state index in [0.717, 1.165) is 33.2 Å². The fourth-order valence-electron chi connectivity index (χ4n) is 3.17. The molecule has 4 rings (SSSR count). The first kappa shape index (κ1) is 20.0. The standard InChI is InChI=1S/C22H21N3O4S/c1-4-28-21(26)19-17(16-7-5-6-8-18(16)29-19)13-30-22-24-23-20(25(22)2)14-9-11-15(27-3)12-10-14/h5-12H,4,13H2,1-3H3. The molecule has 0 aliphatic rings. The number of benzene rings is 2. The van der Waals surface area contributed by atoms with Crippen molar-refractivity contribution in [2.75, 3.05) is 13.7 Å². The molecule has 7 nitrogen and oxygen atoms in total. The van der Waals surface area contributed by atoms with Crippen molar-refractivity contribution in [2.45, 2.75) is 17.8 Å². The molecule has 0 aliphatic carbocycles. The minimum atomic E-state index is -0.457. The van der Waals surface area contributed by atoms with Crippen LogP contribution in [-0.2, 0) is 17.5 Å². The maximum atomic E-state index is 12.4. The molecule has 0 atom stereocenters. The maximum absolute atomic E-state index is 12.4. The SMILES string of the molecule is CCOC(=O)c1oc2ccccc2c1CSc1nnc(-c2ccc(OC)cc2)n1C. The lowest BCUT2D eigenvalue weighted by molar-refractivity contribution is 0.0491. The third-order valence-electron chi connectivity index (χ3n) is 4.69. The number of rotatable bonds is 7. The van der Waals surface area contributed by atoms with Gasteiger partial charge in [-0.3, -0.25) is 0 Å². The first-order valence-corrected chi connectivity index (χ1v) is 10.4. The number of hydrogen-bond acceptors (Lipinski definition) is 7. The molecule has 0 saturated heterocycles. The van der Waals surface area contributed by atoms with Crippen LogP contribution in [0.3, 0.4) is 0 Å². The van der Waals surface area contributed by atoms with Gasteiger partial charge in [0.1, 0.15) is 11.3 Å². The van der Waals surface area contributed by atoms with E-state index in [1.807, 2.05) is 60.1 Å². The van der Waals surface area contributed by atoms with Crippen LogP contribution in [0.4, 0.5) is 0 Å². The Labute approximate surface area is 178 Å². The Bertz CT molecular complexity index is 1180. The Morgan fingerprint density at radius 1 is 1.13 bits per heavy atom. The molecule has 2 aromatic carbocycles. The molecular formula is C22H21N3O4S. The first-order valence-electron chi connectivity index (χ1n) is 9.46. The minimum Gasteiger partial charge on any atom is -0.497 e. The van der Waals surface area contributed by atoms with E-state index in [-0.39, 0.29) is 12.4 Å².